The molecule has 3 aromatic heterocycles. The molecule has 152 valence electrons. The van der Waals surface area contributed by atoms with Crippen LogP contribution in [0.1, 0.15) is 17.1 Å². The molecule has 3 aromatic rings. The summed E-state index contributed by atoms with van der Waals surface area (Å²) in [7, 11) is 0. The molecule has 1 saturated heterocycles. The molecule has 0 N–H and O–H groups in total. The van der Waals surface area contributed by atoms with Crippen LogP contribution in [-0.4, -0.2) is 51.1 Å². The van der Waals surface area contributed by atoms with Crippen molar-refractivity contribution in [1.29, 1.82) is 0 Å². The van der Waals surface area contributed by atoms with Crippen molar-refractivity contribution in [2.24, 2.45) is 0 Å². The molecular weight excluding hydrogens is 383 g/mol. The van der Waals surface area contributed by atoms with Gasteiger partial charge in [-0.1, -0.05) is 6.07 Å². The number of hydrogen-bond acceptors (Lipinski definition) is 6. The molecule has 0 atom stereocenters. The van der Waals surface area contributed by atoms with Gasteiger partial charge in [0.15, 0.2) is 11.6 Å². The van der Waals surface area contributed by atoms with Gasteiger partial charge in [0.25, 0.3) is 0 Å². The minimum atomic E-state index is -4.44. The van der Waals surface area contributed by atoms with Crippen LogP contribution in [0.15, 0.2) is 36.4 Å². The maximum absolute atomic E-state index is 12.9. The normalized spacial score (nSPS) is 15.1. The Morgan fingerprint density at radius 2 is 1.45 bits per heavy atom. The first kappa shape index (κ1) is 19.2. The molecule has 7 nitrogen and oxygen atoms in total. The van der Waals surface area contributed by atoms with Crippen LogP contribution in [0.2, 0.25) is 0 Å². The van der Waals surface area contributed by atoms with Gasteiger partial charge in [0.1, 0.15) is 11.5 Å². The van der Waals surface area contributed by atoms with Gasteiger partial charge < -0.3 is 9.80 Å². The highest BCUT2D eigenvalue weighted by Gasteiger charge is 2.33. The van der Waals surface area contributed by atoms with Gasteiger partial charge in [-0.05, 0) is 44.2 Å². The summed E-state index contributed by atoms with van der Waals surface area (Å²) in [6.45, 7) is 6.21. The molecule has 0 bridgehead atoms. The number of halogens is 3. The van der Waals surface area contributed by atoms with Crippen molar-refractivity contribution < 1.29 is 13.2 Å². The number of anilines is 2. The van der Waals surface area contributed by atoms with Crippen molar-refractivity contribution in [1.82, 2.24) is 25.0 Å². The van der Waals surface area contributed by atoms with Crippen molar-refractivity contribution in [3.05, 3.63) is 53.5 Å². The highest BCUT2D eigenvalue weighted by molar-refractivity contribution is 5.46. The second-order valence-corrected chi connectivity index (χ2v) is 6.94. The number of piperazine rings is 1. The molecule has 0 spiro atoms. The van der Waals surface area contributed by atoms with Crippen LogP contribution in [0.25, 0.3) is 5.82 Å². The van der Waals surface area contributed by atoms with Gasteiger partial charge in [0.2, 0.25) is 0 Å². The van der Waals surface area contributed by atoms with Crippen molar-refractivity contribution in [3.63, 3.8) is 0 Å². The van der Waals surface area contributed by atoms with Gasteiger partial charge in [-0.2, -0.15) is 18.3 Å². The lowest BCUT2D eigenvalue weighted by Crippen LogP contribution is -2.47. The maximum atomic E-state index is 12.9. The van der Waals surface area contributed by atoms with E-state index in [0.717, 1.165) is 23.3 Å². The first-order valence-corrected chi connectivity index (χ1v) is 9.23. The summed E-state index contributed by atoms with van der Waals surface area (Å²) < 4.78 is 40.4. The van der Waals surface area contributed by atoms with E-state index < -0.39 is 11.9 Å². The number of hydrogen-bond donors (Lipinski definition) is 0. The molecular formula is C19H20F3N7. The summed E-state index contributed by atoms with van der Waals surface area (Å²) in [5.41, 5.74) is 1.02. The molecule has 0 unspecified atom stereocenters. The first-order valence-electron chi connectivity index (χ1n) is 9.23. The summed E-state index contributed by atoms with van der Waals surface area (Å²) >= 11 is 0. The van der Waals surface area contributed by atoms with E-state index in [1.165, 1.54) is 6.07 Å². The number of aromatic nitrogens is 5. The Labute approximate surface area is 165 Å². The van der Waals surface area contributed by atoms with Crippen LogP contribution < -0.4 is 9.80 Å². The van der Waals surface area contributed by atoms with Crippen LogP contribution in [0.4, 0.5) is 24.8 Å². The number of rotatable bonds is 3. The lowest BCUT2D eigenvalue weighted by Gasteiger charge is -2.36. The molecule has 10 heteroatoms. The van der Waals surface area contributed by atoms with Gasteiger partial charge in [0, 0.05) is 31.9 Å². The van der Waals surface area contributed by atoms with E-state index >= 15 is 0 Å². The maximum Gasteiger partial charge on any atom is 0.433 e. The Bertz CT molecular complexity index is 990. The summed E-state index contributed by atoms with van der Waals surface area (Å²) in [5, 5.41) is 13.0. The molecule has 1 fully saturated rings. The first-order chi connectivity index (χ1) is 13.8. The van der Waals surface area contributed by atoms with E-state index in [0.29, 0.717) is 37.8 Å². The second kappa shape index (κ2) is 7.34. The number of nitrogens with zero attached hydrogens (tertiary/aromatic N) is 7. The quantitative estimate of drug-likeness (QED) is 0.670. The Hall–Kier alpha value is -3.17. The molecule has 0 aromatic carbocycles. The highest BCUT2D eigenvalue weighted by atomic mass is 19.4. The van der Waals surface area contributed by atoms with Crippen molar-refractivity contribution in [3.8, 4) is 5.82 Å². The molecule has 29 heavy (non-hydrogen) atoms. The zero-order chi connectivity index (χ0) is 20.6. The van der Waals surface area contributed by atoms with Crippen molar-refractivity contribution in [2.45, 2.75) is 20.0 Å². The predicted octanol–water partition coefficient (Wildman–Crippen LogP) is 3.02. The molecule has 0 radical (unpaired) electrons. The Kier molecular flexibility index (Phi) is 4.85. The molecule has 4 heterocycles. The average molecular weight is 403 g/mol. The van der Waals surface area contributed by atoms with Gasteiger partial charge >= 0.3 is 6.18 Å². The SMILES string of the molecule is Cc1cc(C)n(-c2ccc(N3CCN(c4cccc(C(F)(F)F)n4)CC3)nn2)n1. The number of alkyl halides is 3. The average Bonchev–Trinajstić information content (AvgIpc) is 3.06. The minimum Gasteiger partial charge on any atom is -0.353 e. The topological polar surface area (TPSA) is 63.0 Å². The lowest BCUT2D eigenvalue weighted by molar-refractivity contribution is -0.141. The minimum absolute atomic E-state index is 0.338. The van der Waals surface area contributed by atoms with Crippen LogP contribution in [-0.2, 0) is 6.18 Å². The van der Waals surface area contributed by atoms with Crippen molar-refractivity contribution >= 4 is 11.6 Å². The summed E-state index contributed by atoms with van der Waals surface area (Å²) in [4.78, 5) is 7.67. The zero-order valence-corrected chi connectivity index (χ0v) is 16.1. The van der Waals surface area contributed by atoms with E-state index in [9.17, 15) is 13.2 Å². The Morgan fingerprint density at radius 1 is 0.828 bits per heavy atom. The smallest absolute Gasteiger partial charge is 0.353 e. The molecule has 0 saturated carbocycles. The fourth-order valence-corrected chi connectivity index (χ4v) is 3.38. The molecule has 1 aliphatic rings. The van der Waals surface area contributed by atoms with E-state index in [1.54, 1.807) is 10.7 Å². The second-order valence-electron chi connectivity index (χ2n) is 6.94. The molecule has 1 aliphatic heterocycles. The molecule has 4 rings (SSSR count). The van der Waals surface area contributed by atoms with Crippen LogP contribution >= 0.6 is 0 Å². The standard InChI is InChI=1S/C19H20F3N7/c1-13-12-14(2)29(26-13)18-7-6-17(24-25-18)28-10-8-27(9-11-28)16-5-3-4-15(23-16)19(20,21)22/h3-7,12H,8-11H2,1-2H3. The summed E-state index contributed by atoms with van der Waals surface area (Å²) in [6.07, 6.45) is -4.44. The number of aryl methyl sites for hydroxylation is 2. The van der Waals surface area contributed by atoms with Crippen LogP contribution in [0.3, 0.4) is 0 Å². The monoisotopic (exact) mass is 403 g/mol. The van der Waals surface area contributed by atoms with Gasteiger partial charge in [-0.25, -0.2) is 9.67 Å². The fraction of sp³-hybridized carbons (Fsp3) is 0.368. The lowest BCUT2D eigenvalue weighted by atomic mass is 10.2. The summed E-state index contributed by atoms with van der Waals surface area (Å²) in [5.74, 6) is 1.71. The highest BCUT2D eigenvalue weighted by Crippen LogP contribution is 2.29. The third-order valence-electron chi connectivity index (χ3n) is 4.82. The third-order valence-corrected chi connectivity index (χ3v) is 4.82. The van der Waals surface area contributed by atoms with E-state index in [-0.39, 0.29) is 0 Å². The largest absolute Gasteiger partial charge is 0.433 e. The fourth-order valence-electron chi connectivity index (χ4n) is 3.38. The van der Waals surface area contributed by atoms with Crippen molar-refractivity contribution in [2.75, 3.05) is 36.0 Å². The van der Waals surface area contributed by atoms with E-state index in [1.807, 2.05) is 36.9 Å². The van der Waals surface area contributed by atoms with Gasteiger partial charge in [-0.15, -0.1) is 10.2 Å². The van der Waals surface area contributed by atoms with E-state index in [2.05, 4.69) is 25.2 Å². The molecule has 0 aliphatic carbocycles. The van der Waals surface area contributed by atoms with Gasteiger partial charge in [0.05, 0.1) is 5.69 Å². The van der Waals surface area contributed by atoms with E-state index in [4.69, 9.17) is 0 Å². The van der Waals surface area contributed by atoms with Gasteiger partial charge in [-0.3, -0.25) is 0 Å². The summed E-state index contributed by atoms with van der Waals surface area (Å²) in [6, 6.07) is 9.70. The van der Waals surface area contributed by atoms with Crippen LogP contribution in [0.5, 0.6) is 0 Å². The zero-order valence-electron chi connectivity index (χ0n) is 16.1. The Balaban J connectivity index is 1.43. The molecule has 0 amide bonds. The third kappa shape index (κ3) is 4.01. The number of pyridine rings is 1. The van der Waals surface area contributed by atoms with Crippen LogP contribution in [0, 0.1) is 13.8 Å². The Morgan fingerprint density at radius 3 is 2.00 bits per heavy atom. The predicted molar refractivity (Wildman–Crippen MR) is 102 cm³/mol.